The second kappa shape index (κ2) is 7.72. The molecule has 1 aromatic carbocycles. The molecule has 5 nitrogen and oxygen atoms in total. The Kier molecular flexibility index (Phi) is 5.17. The maximum Gasteiger partial charge on any atom is 0.273 e. The first-order valence-electron chi connectivity index (χ1n) is 9.13. The molecule has 3 heterocycles. The van der Waals surface area contributed by atoms with Gasteiger partial charge in [-0.3, -0.25) is 9.69 Å². The highest BCUT2D eigenvalue weighted by atomic mass is 32.1. The number of hydrogen-bond donors (Lipinski definition) is 0. The highest BCUT2D eigenvalue weighted by Crippen LogP contribution is 2.22. The van der Waals surface area contributed by atoms with E-state index >= 15 is 0 Å². The van der Waals surface area contributed by atoms with Crippen LogP contribution in [-0.2, 0) is 0 Å². The van der Waals surface area contributed by atoms with Gasteiger partial charge in [0.2, 0.25) is 0 Å². The molecule has 0 saturated carbocycles. The molecule has 2 saturated heterocycles. The number of piperidine rings is 1. The Hall–Kier alpha value is -1.99. The fraction of sp³-hybridized carbons (Fsp3) is 0.474. The number of thiazole rings is 1. The van der Waals surface area contributed by atoms with Gasteiger partial charge in [0, 0.05) is 56.4 Å². The summed E-state index contributed by atoms with van der Waals surface area (Å²) in [6.45, 7) is 5.42. The summed E-state index contributed by atoms with van der Waals surface area (Å²) in [6, 6.07) is 7.15. The highest BCUT2D eigenvalue weighted by Gasteiger charge is 2.30. The van der Waals surface area contributed by atoms with Crippen molar-refractivity contribution in [1.29, 1.82) is 0 Å². The number of carbonyl (C=O) groups is 1. The molecule has 0 aliphatic carbocycles. The van der Waals surface area contributed by atoms with E-state index in [0.717, 1.165) is 57.8 Å². The van der Waals surface area contributed by atoms with Gasteiger partial charge in [0.05, 0.1) is 5.51 Å². The summed E-state index contributed by atoms with van der Waals surface area (Å²) in [5.41, 5.74) is 3.36. The van der Waals surface area contributed by atoms with E-state index in [4.69, 9.17) is 0 Å². The van der Waals surface area contributed by atoms with Crippen LogP contribution in [0.4, 0.5) is 10.1 Å². The van der Waals surface area contributed by atoms with Crippen molar-refractivity contribution in [2.24, 2.45) is 0 Å². The molecule has 2 aliphatic heterocycles. The fourth-order valence-corrected chi connectivity index (χ4v) is 4.44. The predicted octanol–water partition coefficient (Wildman–Crippen LogP) is 2.71. The van der Waals surface area contributed by atoms with Gasteiger partial charge in [0.1, 0.15) is 11.5 Å². The van der Waals surface area contributed by atoms with Gasteiger partial charge in [-0.15, -0.1) is 11.3 Å². The zero-order valence-corrected chi connectivity index (χ0v) is 15.5. The molecular formula is C19H23FN4OS. The van der Waals surface area contributed by atoms with E-state index in [9.17, 15) is 9.18 Å². The van der Waals surface area contributed by atoms with E-state index in [1.807, 2.05) is 22.4 Å². The van der Waals surface area contributed by atoms with Crippen molar-refractivity contribution in [2.45, 2.75) is 18.9 Å². The molecule has 2 aliphatic rings. The average molecular weight is 374 g/mol. The third-order valence-corrected chi connectivity index (χ3v) is 5.94. The SMILES string of the molecule is O=C(c1cscn1)N1CCC[C@H](N2CCN(c3ccc(F)cc3)CC2)C1. The van der Waals surface area contributed by atoms with Crippen LogP contribution in [0.5, 0.6) is 0 Å². The van der Waals surface area contributed by atoms with Crippen LogP contribution in [0, 0.1) is 5.82 Å². The Bertz CT molecular complexity index is 729. The number of carbonyl (C=O) groups excluding carboxylic acids is 1. The number of rotatable bonds is 3. The van der Waals surface area contributed by atoms with Crippen LogP contribution in [0.15, 0.2) is 35.2 Å². The lowest BCUT2D eigenvalue weighted by Crippen LogP contribution is -2.55. The zero-order chi connectivity index (χ0) is 17.9. The summed E-state index contributed by atoms with van der Waals surface area (Å²) < 4.78 is 13.1. The lowest BCUT2D eigenvalue weighted by Gasteiger charge is -2.43. The molecular weight excluding hydrogens is 351 g/mol. The average Bonchev–Trinajstić information content (AvgIpc) is 3.23. The maximum atomic E-state index is 13.1. The monoisotopic (exact) mass is 374 g/mol. The smallest absolute Gasteiger partial charge is 0.273 e. The van der Waals surface area contributed by atoms with Gasteiger partial charge in [-0.2, -0.15) is 0 Å². The number of aromatic nitrogens is 1. The number of amides is 1. The number of benzene rings is 1. The van der Waals surface area contributed by atoms with Crippen LogP contribution < -0.4 is 4.90 Å². The van der Waals surface area contributed by atoms with Crippen molar-refractivity contribution in [2.75, 3.05) is 44.2 Å². The second-order valence-corrected chi connectivity index (χ2v) is 7.64. The Balaban J connectivity index is 1.34. The molecule has 7 heteroatoms. The Morgan fingerprint density at radius 2 is 1.88 bits per heavy atom. The molecule has 1 atom stereocenters. The quantitative estimate of drug-likeness (QED) is 0.828. The summed E-state index contributed by atoms with van der Waals surface area (Å²) in [6.07, 6.45) is 2.18. The summed E-state index contributed by atoms with van der Waals surface area (Å²) in [5, 5.41) is 1.83. The first kappa shape index (κ1) is 17.4. The van der Waals surface area contributed by atoms with Crippen molar-refractivity contribution < 1.29 is 9.18 Å². The minimum atomic E-state index is -0.195. The Morgan fingerprint density at radius 3 is 2.58 bits per heavy atom. The van der Waals surface area contributed by atoms with Gasteiger partial charge < -0.3 is 9.80 Å². The third-order valence-electron chi connectivity index (χ3n) is 5.36. The number of anilines is 1. The summed E-state index contributed by atoms with van der Waals surface area (Å²) in [4.78, 5) is 23.5. The summed E-state index contributed by atoms with van der Waals surface area (Å²) in [7, 11) is 0. The maximum absolute atomic E-state index is 13.1. The molecule has 4 rings (SSSR count). The molecule has 1 aromatic heterocycles. The van der Waals surface area contributed by atoms with Gasteiger partial charge in [0.15, 0.2) is 0 Å². The van der Waals surface area contributed by atoms with Crippen LogP contribution in [0.2, 0.25) is 0 Å². The van der Waals surface area contributed by atoms with E-state index in [1.54, 1.807) is 5.51 Å². The van der Waals surface area contributed by atoms with Crippen LogP contribution >= 0.6 is 11.3 Å². The molecule has 0 unspecified atom stereocenters. The molecule has 138 valence electrons. The molecule has 0 bridgehead atoms. The molecule has 1 amide bonds. The standard InChI is InChI=1S/C19H23FN4OS/c20-15-3-5-16(6-4-15)22-8-10-23(11-9-22)17-2-1-7-24(12-17)19(25)18-13-26-14-21-18/h3-6,13-14,17H,1-2,7-12H2/t17-/m0/s1. The van der Waals surface area contributed by atoms with E-state index in [2.05, 4.69) is 14.8 Å². The van der Waals surface area contributed by atoms with Crippen molar-refractivity contribution in [3.8, 4) is 0 Å². The van der Waals surface area contributed by atoms with E-state index in [1.165, 1.54) is 23.5 Å². The Morgan fingerprint density at radius 1 is 1.12 bits per heavy atom. The number of hydrogen-bond acceptors (Lipinski definition) is 5. The first-order valence-corrected chi connectivity index (χ1v) is 10.1. The van der Waals surface area contributed by atoms with Gasteiger partial charge in [-0.25, -0.2) is 9.37 Å². The highest BCUT2D eigenvalue weighted by molar-refractivity contribution is 7.07. The normalized spacial score (nSPS) is 21.8. The van der Waals surface area contributed by atoms with Crippen LogP contribution in [0.3, 0.4) is 0 Å². The second-order valence-electron chi connectivity index (χ2n) is 6.92. The fourth-order valence-electron chi connectivity index (χ4n) is 3.91. The largest absolute Gasteiger partial charge is 0.369 e. The van der Waals surface area contributed by atoms with Crippen LogP contribution in [-0.4, -0.2) is 66.0 Å². The van der Waals surface area contributed by atoms with Crippen molar-refractivity contribution in [1.82, 2.24) is 14.8 Å². The molecule has 0 spiro atoms. The number of piperazine rings is 1. The molecule has 26 heavy (non-hydrogen) atoms. The molecule has 0 radical (unpaired) electrons. The lowest BCUT2D eigenvalue weighted by molar-refractivity contribution is 0.0559. The molecule has 2 fully saturated rings. The lowest BCUT2D eigenvalue weighted by atomic mass is 10.0. The van der Waals surface area contributed by atoms with Gasteiger partial charge in [-0.1, -0.05) is 0 Å². The topological polar surface area (TPSA) is 39.7 Å². The summed E-state index contributed by atoms with van der Waals surface area (Å²) in [5.74, 6) is -0.139. The number of nitrogens with zero attached hydrogens (tertiary/aromatic N) is 4. The van der Waals surface area contributed by atoms with E-state index in [-0.39, 0.29) is 11.7 Å². The first-order chi connectivity index (χ1) is 12.7. The molecule has 0 N–H and O–H groups in total. The predicted molar refractivity (Wildman–Crippen MR) is 101 cm³/mol. The minimum absolute atomic E-state index is 0.0564. The van der Waals surface area contributed by atoms with Gasteiger partial charge in [0.25, 0.3) is 5.91 Å². The zero-order valence-electron chi connectivity index (χ0n) is 14.7. The van der Waals surface area contributed by atoms with Crippen molar-refractivity contribution in [3.05, 3.63) is 46.7 Å². The summed E-state index contributed by atoms with van der Waals surface area (Å²) >= 11 is 1.46. The van der Waals surface area contributed by atoms with Crippen molar-refractivity contribution >= 4 is 22.9 Å². The third kappa shape index (κ3) is 3.73. The van der Waals surface area contributed by atoms with Crippen LogP contribution in [0.1, 0.15) is 23.3 Å². The van der Waals surface area contributed by atoms with E-state index < -0.39 is 0 Å². The Labute approximate surface area is 157 Å². The van der Waals surface area contributed by atoms with Crippen molar-refractivity contribution in [3.63, 3.8) is 0 Å². The molecule has 2 aromatic rings. The van der Waals surface area contributed by atoms with Gasteiger partial charge >= 0.3 is 0 Å². The number of likely N-dealkylation sites (tertiary alicyclic amines) is 1. The van der Waals surface area contributed by atoms with Crippen LogP contribution in [0.25, 0.3) is 0 Å². The van der Waals surface area contributed by atoms with E-state index in [0.29, 0.717) is 11.7 Å². The minimum Gasteiger partial charge on any atom is -0.369 e. The number of halogens is 1. The van der Waals surface area contributed by atoms with Gasteiger partial charge in [-0.05, 0) is 37.1 Å².